The van der Waals surface area contributed by atoms with Gasteiger partial charge in [-0.1, -0.05) is 18.6 Å². The number of rotatable bonds is 5. The number of carbonyl (C=O) groups is 1. The van der Waals surface area contributed by atoms with Gasteiger partial charge in [-0.05, 0) is 25.3 Å². The molecule has 8 heteroatoms. The van der Waals surface area contributed by atoms with Gasteiger partial charge in [-0.25, -0.2) is 4.98 Å². The predicted molar refractivity (Wildman–Crippen MR) is 91.9 cm³/mol. The SMILES string of the molecule is NCC1CCCC1NC(=O)c1csc(-c2cccc([N+](=O)[O-])c2)n1. The van der Waals surface area contributed by atoms with E-state index >= 15 is 0 Å². The molecule has 0 saturated heterocycles. The van der Waals surface area contributed by atoms with Crippen molar-refractivity contribution in [3.63, 3.8) is 0 Å². The van der Waals surface area contributed by atoms with Gasteiger partial charge in [-0.2, -0.15) is 0 Å². The summed E-state index contributed by atoms with van der Waals surface area (Å²) < 4.78 is 0. The zero-order valence-electron chi connectivity index (χ0n) is 13.0. The van der Waals surface area contributed by atoms with Crippen molar-refractivity contribution in [2.75, 3.05) is 6.54 Å². The van der Waals surface area contributed by atoms with E-state index in [0.717, 1.165) is 19.3 Å². The van der Waals surface area contributed by atoms with Crippen LogP contribution in [-0.4, -0.2) is 28.4 Å². The molecule has 24 heavy (non-hydrogen) atoms. The molecule has 2 aromatic rings. The smallest absolute Gasteiger partial charge is 0.271 e. The molecule has 0 spiro atoms. The maximum atomic E-state index is 12.4. The summed E-state index contributed by atoms with van der Waals surface area (Å²) >= 11 is 1.30. The van der Waals surface area contributed by atoms with Gasteiger partial charge in [-0.15, -0.1) is 11.3 Å². The van der Waals surface area contributed by atoms with Gasteiger partial charge in [0.25, 0.3) is 11.6 Å². The number of non-ortho nitro benzene ring substituents is 1. The first-order valence-electron chi connectivity index (χ1n) is 7.79. The standard InChI is InChI=1S/C16H18N4O3S/c17-8-11-4-2-6-13(11)18-15(21)14-9-24-16(19-14)10-3-1-5-12(7-10)20(22)23/h1,3,5,7,9,11,13H,2,4,6,8,17H2,(H,18,21). The highest BCUT2D eigenvalue weighted by Gasteiger charge is 2.28. The summed E-state index contributed by atoms with van der Waals surface area (Å²) in [5, 5.41) is 16.1. The first-order chi connectivity index (χ1) is 11.6. The molecule has 2 atom stereocenters. The highest BCUT2D eigenvalue weighted by molar-refractivity contribution is 7.13. The van der Waals surface area contributed by atoms with E-state index in [1.807, 2.05) is 0 Å². The van der Waals surface area contributed by atoms with Gasteiger partial charge in [-0.3, -0.25) is 14.9 Å². The van der Waals surface area contributed by atoms with Crippen molar-refractivity contribution in [2.24, 2.45) is 11.7 Å². The summed E-state index contributed by atoms with van der Waals surface area (Å²) in [5.41, 5.74) is 6.71. The number of nitro benzene ring substituents is 1. The van der Waals surface area contributed by atoms with Gasteiger partial charge in [0.15, 0.2) is 0 Å². The largest absolute Gasteiger partial charge is 0.348 e. The van der Waals surface area contributed by atoms with Crippen molar-refractivity contribution in [3.8, 4) is 10.6 Å². The molecule has 1 aromatic carbocycles. The fourth-order valence-corrected chi connectivity index (χ4v) is 3.81. The summed E-state index contributed by atoms with van der Waals surface area (Å²) in [6.45, 7) is 0.570. The lowest BCUT2D eigenvalue weighted by Crippen LogP contribution is -2.40. The number of nitro groups is 1. The number of benzene rings is 1. The second-order valence-corrected chi connectivity index (χ2v) is 6.71. The topological polar surface area (TPSA) is 111 Å². The van der Waals surface area contributed by atoms with Crippen LogP contribution in [0.1, 0.15) is 29.8 Å². The van der Waals surface area contributed by atoms with Crippen LogP contribution in [0, 0.1) is 16.0 Å². The zero-order chi connectivity index (χ0) is 17.1. The normalized spacial score (nSPS) is 20.0. The number of nitrogens with one attached hydrogen (secondary N) is 1. The van der Waals surface area contributed by atoms with E-state index in [9.17, 15) is 14.9 Å². The molecule has 1 heterocycles. The molecule has 0 bridgehead atoms. The third-order valence-corrected chi connectivity index (χ3v) is 5.21. The van der Waals surface area contributed by atoms with E-state index in [0.29, 0.717) is 28.7 Å². The van der Waals surface area contributed by atoms with E-state index in [1.165, 1.54) is 23.5 Å². The molecule has 0 radical (unpaired) electrons. The maximum Gasteiger partial charge on any atom is 0.271 e. The minimum atomic E-state index is -0.447. The summed E-state index contributed by atoms with van der Waals surface area (Å²) in [7, 11) is 0. The molecular weight excluding hydrogens is 328 g/mol. The average Bonchev–Trinajstić information content (AvgIpc) is 3.24. The van der Waals surface area contributed by atoms with Crippen molar-refractivity contribution in [3.05, 3.63) is 45.5 Å². The van der Waals surface area contributed by atoms with Crippen molar-refractivity contribution in [1.29, 1.82) is 0 Å². The number of nitrogens with two attached hydrogens (primary N) is 1. The van der Waals surface area contributed by atoms with E-state index in [2.05, 4.69) is 10.3 Å². The van der Waals surface area contributed by atoms with Gasteiger partial charge in [0.05, 0.1) is 4.92 Å². The maximum absolute atomic E-state index is 12.4. The Labute approximate surface area is 143 Å². The molecule has 7 nitrogen and oxygen atoms in total. The Morgan fingerprint density at radius 1 is 1.46 bits per heavy atom. The monoisotopic (exact) mass is 346 g/mol. The van der Waals surface area contributed by atoms with Crippen molar-refractivity contribution in [2.45, 2.75) is 25.3 Å². The Balaban J connectivity index is 1.74. The quantitative estimate of drug-likeness (QED) is 0.638. The Kier molecular flexibility index (Phi) is 4.86. The minimum Gasteiger partial charge on any atom is -0.348 e. The number of thiazole rings is 1. The fraction of sp³-hybridized carbons (Fsp3) is 0.375. The second-order valence-electron chi connectivity index (χ2n) is 5.85. The van der Waals surface area contributed by atoms with Crippen molar-refractivity contribution >= 4 is 22.9 Å². The molecule has 1 aliphatic rings. The van der Waals surface area contributed by atoms with Gasteiger partial charge in [0, 0.05) is 29.1 Å². The molecule has 1 aromatic heterocycles. The number of hydrogen-bond donors (Lipinski definition) is 2. The minimum absolute atomic E-state index is 0.00504. The molecule has 1 fully saturated rings. The molecule has 3 N–H and O–H groups in total. The molecule has 1 aliphatic carbocycles. The van der Waals surface area contributed by atoms with Crippen LogP contribution in [0.4, 0.5) is 5.69 Å². The lowest BCUT2D eigenvalue weighted by atomic mass is 10.0. The van der Waals surface area contributed by atoms with Gasteiger partial charge in [0.2, 0.25) is 0 Å². The first-order valence-corrected chi connectivity index (χ1v) is 8.67. The van der Waals surface area contributed by atoms with E-state index in [-0.39, 0.29) is 17.6 Å². The number of amides is 1. The Hall–Kier alpha value is -2.32. The van der Waals surface area contributed by atoms with Crippen molar-refractivity contribution < 1.29 is 9.72 Å². The highest BCUT2D eigenvalue weighted by Crippen LogP contribution is 2.28. The average molecular weight is 346 g/mol. The third-order valence-electron chi connectivity index (χ3n) is 4.32. The Morgan fingerprint density at radius 2 is 2.29 bits per heavy atom. The lowest BCUT2D eigenvalue weighted by molar-refractivity contribution is -0.384. The van der Waals surface area contributed by atoms with E-state index in [4.69, 9.17) is 5.73 Å². The van der Waals surface area contributed by atoms with Crippen molar-refractivity contribution in [1.82, 2.24) is 10.3 Å². The number of nitrogens with zero attached hydrogens (tertiary/aromatic N) is 2. The fourth-order valence-electron chi connectivity index (χ4n) is 3.01. The molecule has 1 amide bonds. The third kappa shape index (κ3) is 3.44. The summed E-state index contributed by atoms with van der Waals surface area (Å²) in [5.74, 6) is 0.108. The highest BCUT2D eigenvalue weighted by atomic mass is 32.1. The van der Waals surface area contributed by atoms with Crippen LogP contribution < -0.4 is 11.1 Å². The number of aromatic nitrogens is 1. The summed E-state index contributed by atoms with van der Waals surface area (Å²) in [6.07, 6.45) is 3.05. The van der Waals surface area contributed by atoms with Crippen LogP contribution in [-0.2, 0) is 0 Å². The second kappa shape index (κ2) is 7.06. The summed E-state index contributed by atoms with van der Waals surface area (Å²) in [6, 6.07) is 6.35. The van der Waals surface area contributed by atoms with Gasteiger partial charge >= 0.3 is 0 Å². The van der Waals surface area contributed by atoms with E-state index in [1.54, 1.807) is 17.5 Å². The van der Waals surface area contributed by atoms with Crippen LogP contribution in [0.25, 0.3) is 10.6 Å². The molecule has 3 rings (SSSR count). The summed E-state index contributed by atoms with van der Waals surface area (Å²) in [4.78, 5) is 27.1. The van der Waals surface area contributed by atoms with Gasteiger partial charge < -0.3 is 11.1 Å². The molecule has 2 unspecified atom stereocenters. The zero-order valence-corrected chi connectivity index (χ0v) is 13.8. The molecule has 0 aliphatic heterocycles. The molecular formula is C16H18N4O3S. The molecule has 126 valence electrons. The van der Waals surface area contributed by atoms with Crippen LogP contribution in [0.15, 0.2) is 29.6 Å². The molecule has 1 saturated carbocycles. The van der Waals surface area contributed by atoms with Crippen LogP contribution in [0.5, 0.6) is 0 Å². The predicted octanol–water partition coefficient (Wildman–Crippen LogP) is 2.58. The van der Waals surface area contributed by atoms with Gasteiger partial charge in [0.1, 0.15) is 10.7 Å². The van der Waals surface area contributed by atoms with Crippen LogP contribution >= 0.6 is 11.3 Å². The lowest BCUT2D eigenvalue weighted by Gasteiger charge is -2.18. The number of hydrogen-bond acceptors (Lipinski definition) is 6. The van der Waals surface area contributed by atoms with E-state index < -0.39 is 4.92 Å². The van der Waals surface area contributed by atoms with Crippen LogP contribution in [0.3, 0.4) is 0 Å². The first kappa shape index (κ1) is 16.5. The Morgan fingerprint density at radius 3 is 3.04 bits per heavy atom. The van der Waals surface area contributed by atoms with Crippen LogP contribution in [0.2, 0.25) is 0 Å². The number of carbonyl (C=O) groups excluding carboxylic acids is 1. The Bertz CT molecular complexity index is 761.